The minimum absolute atomic E-state index is 0.111. The molecule has 4 heteroatoms. The quantitative estimate of drug-likeness (QED) is 0.119. The van der Waals surface area contributed by atoms with Crippen molar-refractivity contribution in [3.05, 3.63) is 78.0 Å². The highest BCUT2D eigenvalue weighted by molar-refractivity contribution is 8.06. The van der Waals surface area contributed by atoms with Crippen LogP contribution < -0.4 is 5.11 Å². The Morgan fingerprint density at radius 2 is 1.11 bits per heavy atom. The number of ketones is 1. The molecule has 0 aromatic carbocycles. The van der Waals surface area contributed by atoms with E-state index >= 15 is 0 Å². The summed E-state index contributed by atoms with van der Waals surface area (Å²) in [6.07, 6.45) is 21.9. The van der Waals surface area contributed by atoms with Crippen LogP contribution in [0.2, 0.25) is 0 Å². The number of carbonyl (C=O) groups excluding carboxylic acids is 1. The highest BCUT2D eigenvalue weighted by Crippen LogP contribution is 2.40. The summed E-state index contributed by atoms with van der Waals surface area (Å²) in [6.45, 7) is 18.2. The third-order valence-corrected chi connectivity index (χ3v) is 10.6. The molecule has 1 aromatic rings. The molecule has 2 aliphatic rings. The van der Waals surface area contributed by atoms with Gasteiger partial charge in [-0.15, -0.1) is 0 Å². The molecular weight excluding hydrogens is 577 g/mol. The maximum absolute atomic E-state index is 13.4. The first-order chi connectivity index (χ1) is 20.9. The molecule has 0 bridgehead atoms. The summed E-state index contributed by atoms with van der Waals surface area (Å²) in [5, 5.41) is 13.4. The van der Waals surface area contributed by atoms with Crippen molar-refractivity contribution in [2.45, 2.75) is 132 Å². The zero-order valence-electron chi connectivity index (χ0n) is 28.9. The standard InChI is InChI=1S/C40H58O2S2/c1-27(2)13-9-17-33-21-31(22-34(43-33)18-10-14-28(3)4)25-37-39(41)38(40(37)42)26-32-23-35(19-11-15-29(5)6)44-36(24-32)20-12-16-30(7)8/h21-30H,9-20H2,1-8H3. The summed E-state index contributed by atoms with van der Waals surface area (Å²) in [4.78, 5) is 18.8. The minimum Gasteiger partial charge on any atom is -0.871 e. The molecule has 0 radical (unpaired) electrons. The first kappa shape index (κ1) is 36.6. The molecule has 0 atom stereocenters. The second kappa shape index (κ2) is 18.3. The van der Waals surface area contributed by atoms with Crippen molar-refractivity contribution in [2.75, 3.05) is 0 Å². The van der Waals surface area contributed by atoms with Crippen LogP contribution in [0, 0.1) is 23.7 Å². The fraction of sp³-hybridized carbons (Fsp3) is 0.600. The monoisotopic (exact) mass is 634 g/mol. The number of hydrogen-bond acceptors (Lipinski definition) is 3. The van der Waals surface area contributed by atoms with Gasteiger partial charge >= 0.3 is 0 Å². The Labute approximate surface area is 277 Å². The lowest BCUT2D eigenvalue weighted by atomic mass is 9.85. The lowest BCUT2D eigenvalue weighted by molar-refractivity contribution is -0.300. The highest BCUT2D eigenvalue weighted by atomic mass is 32.2. The van der Waals surface area contributed by atoms with Crippen LogP contribution in [0.4, 0.5) is 0 Å². The number of rotatable bonds is 18. The van der Waals surface area contributed by atoms with Crippen molar-refractivity contribution in [2.24, 2.45) is 23.7 Å². The van der Waals surface area contributed by atoms with Gasteiger partial charge < -0.3 is 5.11 Å². The van der Waals surface area contributed by atoms with E-state index in [4.69, 9.17) is 0 Å². The molecule has 1 aliphatic carbocycles. The molecule has 0 saturated heterocycles. The maximum atomic E-state index is 13.4. The highest BCUT2D eigenvalue weighted by Gasteiger charge is 2.27. The number of carbonyl (C=O) groups is 1. The molecule has 0 spiro atoms. The Morgan fingerprint density at radius 1 is 0.682 bits per heavy atom. The van der Waals surface area contributed by atoms with Gasteiger partial charge in [-0.1, -0.05) is 98.6 Å². The van der Waals surface area contributed by atoms with E-state index in [1.807, 2.05) is 35.3 Å². The molecule has 0 amide bonds. The van der Waals surface area contributed by atoms with Crippen LogP contribution in [0.25, 0.3) is 6.08 Å². The van der Waals surface area contributed by atoms with Gasteiger partial charge in [-0.2, -0.15) is 0 Å². The first-order valence-corrected chi connectivity index (χ1v) is 19.0. The smallest absolute Gasteiger partial charge is 0.218 e. The summed E-state index contributed by atoms with van der Waals surface area (Å²) < 4.78 is 0. The Bertz CT molecular complexity index is 1210. The number of thioether (sulfide) groups is 1. The van der Waals surface area contributed by atoms with Gasteiger partial charge in [0.2, 0.25) is 21.1 Å². The molecule has 3 rings (SSSR count). The van der Waals surface area contributed by atoms with Crippen LogP contribution in [-0.4, -0.2) is 5.78 Å². The number of hydrogen-bond donors (Lipinski definition) is 0. The molecule has 2 nitrogen and oxygen atoms in total. The van der Waals surface area contributed by atoms with E-state index in [9.17, 15) is 9.90 Å². The molecule has 2 heterocycles. The second-order valence-corrected chi connectivity index (χ2v) is 17.1. The van der Waals surface area contributed by atoms with E-state index < -0.39 is 0 Å². The molecule has 242 valence electrons. The van der Waals surface area contributed by atoms with Crippen LogP contribution in [0.1, 0.15) is 135 Å². The predicted octanol–water partition coefficient (Wildman–Crippen LogP) is 11.7. The van der Waals surface area contributed by atoms with Crippen molar-refractivity contribution >= 4 is 35.0 Å². The minimum atomic E-state index is -0.111. The fourth-order valence-corrected chi connectivity index (χ4v) is 8.15. The molecule has 44 heavy (non-hydrogen) atoms. The van der Waals surface area contributed by atoms with E-state index in [2.05, 4.69) is 79.7 Å². The molecule has 0 fully saturated rings. The SMILES string of the molecule is CC(C)CCCC1=CC(=CC2=C([O-])C(=Cc3cc(CCCC(C)C)[s+]c(CCCC(C)C)c3)C2=O)C=C(CCCC(C)C)S1. The predicted molar refractivity (Wildman–Crippen MR) is 194 cm³/mol. The van der Waals surface area contributed by atoms with Crippen LogP contribution in [-0.2, 0) is 17.6 Å². The number of Topliss-reactive ketones (excluding diaryl/α,β-unsaturated/α-hetero) is 1. The molecule has 0 N–H and O–H groups in total. The number of allylic oxidation sites excluding steroid dienone is 8. The Morgan fingerprint density at radius 3 is 1.52 bits per heavy atom. The molecule has 1 aliphatic heterocycles. The van der Waals surface area contributed by atoms with Crippen molar-refractivity contribution in [1.29, 1.82) is 0 Å². The summed E-state index contributed by atoms with van der Waals surface area (Å²) in [5.41, 5.74) is 2.67. The lowest BCUT2D eigenvalue weighted by Crippen LogP contribution is -2.29. The lowest BCUT2D eigenvalue weighted by Gasteiger charge is -2.29. The van der Waals surface area contributed by atoms with Gasteiger partial charge in [-0.3, -0.25) is 4.79 Å². The van der Waals surface area contributed by atoms with E-state index in [0.29, 0.717) is 34.8 Å². The van der Waals surface area contributed by atoms with E-state index in [0.717, 1.165) is 36.8 Å². The average Bonchev–Trinajstić information content (AvgIpc) is 2.93. The second-order valence-electron chi connectivity index (χ2n) is 14.6. The Hall–Kier alpha value is -1.91. The van der Waals surface area contributed by atoms with Crippen molar-refractivity contribution in [3.63, 3.8) is 0 Å². The molecular formula is C40H58O2S2. The Balaban J connectivity index is 1.85. The third kappa shape index (κ3) is 12.5. The average molecular weight is 635 g/mol. The number of aryl methyl sites for hydroxylation is 2. The maximum Gasteiger partial charge on any atom is 0.218 e. The third-order valence-electron chi connectivity index (χ3n) is 8.25. The van der Waals surface area contributed by atoms with Gasteiger partial charge in [0, 0.05) is 36.1 Å². The summed E-state index contributed by atoms with van der Waals surface area (Å²) >= 11 is 3.81. The van der Waals surface area contributed by atoms with Crippen LogP contribution >= 0.6 is 23.1 Å². The zero-order chi connectivity index (χ0) is 32.2. The van der Waals surface area contributed by atoms with Crippen LogP contribution in [0.3, 0.4) is 0 Å². The summed E-state index contributed by atoms with van der Waals surface area (Å²) in [6, 6.07) is 4.41. The van der Waals surface area contributed by atoms with Gasteiger partial charge in [0.15, 0.2) is 5.78 Å². The Kier molecular flexibility index (Phi) is 15.2. The summed E-state index contributed by atoms with van der Waals surface area (Å²) in [7, 11) is 0. The largest absolute Gasteiger partial charge is 0.871 e. The van der Waals surface area contributed by atoms with Crippen molar-refractivity contribution < 1.29 is 9.90 Å². The fourth-order valence-electron chi connectivity index (χ4n) is 5.71. The summed E-state index contributed by atoms with van der Waals surface area (Å²) in [5.74, 6) is 2.57. The topological polar surface area (TPSA) is 40.1 Å². The van der Waals surface area contributed by atoms with Gasteiger partial charge in [0.05, 0.1) is 0 Å². The first-order valence-electron chi connectivity index (χ1n) is 17.4. The van der Waals surface area contributed by atoms with E-state index in [-0.39, 0.29) is 11.5 Å². The molecule has 0 saturated carbocycles. The van der Waals surface area contributed by atoms with Crippen molar-refractivity contribution in [1.82, 2.24) is 0 Å². The van der Waals surface area contributed by atoms with Crippen LogP contribution in [0.15, 0.2) is 62.6 Å². The molecule has 1 aromatic heterocycles. The van der Waals surface area contributed by atoms with Gasteiger partial charge in [0.1, 0.15) is 0 Å². The molecule has 0 unspecified atom stereocenters. The van der Waals surface area contributed by atoms with Gasteiger partial charge in [-0.25, -0.2) is 0 Å². The van der Waals surface area contributed by atoms with Gasteiger partial charge in [-0.05, 0) is 107 Å². The van der Waals surface area contributed by atoms with Crippen molar-refractivity contribution in [3.8, 4) is 0 Å². The normalized spacial score (nSPS) is 16.5. The van der Waals surface area contributed by atoms with E-state index in [1.165, 1.54) is 70.9 Å². The van der Waals surface area contributed by atoms with Crippen LogP contribution in [0.5, 0.6) is 0 Å². The van der Waals surface area contributed by atoms with E-state index in [1.54, 1.807) is 0 Å². The zero-order valence-corrected chi connectivity index (χ0v) is 30.5. The van der Waals surface area contributed by atoms with Gasteiger partial charge in [0.25, 0.3) is 0 Å².